The van der Waals surface area contributed by atoms with Crippen LogP contribution in [0.5, 0.6) is 0 Å². The van der Waals surface area contributed by atoms with Crippen LogP contribution >= 0.6 is 0 Å². The molecule has 6 heteroatoms. The van der Waals surface area contributed by atoms with Gasteiger partial charge in [-0.1, -0.05) is 25.7 Å². The van der Waals surface area contributed by atoms with Crippen molar-refractivity contribution < 1.29 is 56.3 Å². The summed E-state index contributed by atoms with van der Waals surface area (Å²) in [7, 11) is 0. The summed E-state index contributed by atoms with van der Waals surface area (Å²) in [5.74, 6) is 4.72. The number of hydrogen-bond donors (Lipinski definition) is 0. The smallest absolute Gasteiger partial charge is 0.281 e. The van der Waals surface area contributed by atoms with Crippen molar-refractivity contribution in [1.29, 1.82) is 0 Å². The summed E-state index contributed by atoms with van der Waals surface area (Å²) in [6, 6.07) is 0. The van der Waals surface area contributed by atoms with Crippen LogP contribution < -0.4 is 0 Å². The predicted octanol–water partition coefficient (Wildman–Crippen LogP) is 9.12. The molecule has 9 aliphatic rings. The zero-order valence-electron chi connectivity index (χ0n) is 25.7. The SMILES string of the molecule is C1CCC1.C1C[C]2([Mo]([C]34CCC(CC3)C4)([C]34CCC(CC3)C4)[C]34CCC(CC3)C4)CCC1C2.[C]=O.[C]=O.[C]=O.[C]=O.[Mo]. The Labute approximate surface area is 274 Å². The maximum atomic E-state index is 7.50. The third kappa shape index (κ3) is 5.23. The van der Waals surface area contributed by atoms with Crippen LogP contribution in [0.3, 0.4) is 0 Å². The first-order valence-corrected chi connectivity index (χ1v) is 20.8. The van der Waals surface area contributed by atoms with Gasteiger partial charge in [0.25, 0.3) is 27.2 Å². The monoisotopic (exact) mass is 744 g/mol. The Kier molecular flexibility index (Phi) is 13.1. The Morgan fingerprint density at radius 1 is 0.357 bits per heavy atom. The first-order valence-electron chi connectivity index (χ1n) is 16.8. The first-order chi connectivity index (χ1) is 20.1. The van der Waals surface area contributed by atoms with Gasteiger partial charge in [-0.2, -0.15) is 0 Å². The quantitative estimate of drug-likeness (QED) is 0.270. The van der Waals surface area contributed by atoms with E-state index in [9.17, 15) is 0 Å². The second-order valence-corrected chi connectivity index (χ2v) is 26.9. The summed E-state index contributed by atoms with van der Waals surface area (Å²) in [6.45, 7) is 18.0. The molecule has 0 heterocycles. The summed E-state index contributed by atoms with van der Waals surface area (Å²) >= 11 is -2.33. The molecular weight excluding hydrogens is 688 g/mol. The molecule has 0 aromatic heterocycles. The second-order valence-electron chi connectivity index (χ2n) is 15.3. The molecule has 0 aromatic carbocycles. The standard InChI is InChI=1S/4C7H11.C4H8.4CO.2Mo/c4*1-2-7-4-3-6(1)5-7;1-2-4-3-1;4*1-2;;/h4*6H,1-5H2;1-4H2;;;;;;. The molecule has 0 unspecified atom stereocenters. The van der Waals surface area contributed by atoms with Crippen molar-refractivity contribution in [2.75, 3.05) is 0 Å². The zero-order valence-corrected chi connectivity index (χ0v) is 29.7. The molecule has 9 saturated carbocycles. The largest absolute Gasteiger partial charge is 0.281 e. The molecule has 0 N–H and O–H groups in total. The fraction of sp³-hybridized carbons (Fsp3) is 0.889. The third-order valence-corrected chi connectivity index (χ3v) is 32.7. The zero-order chi connectivity index (χ0) is 29.8. The molecule has 0 spiro atoms. The predicted molar refractivity (Wildman–Crippen MR) is 158 cm³/mol. The van der Waals surface area contributed by atoms with Gasteiger partial charge < -0.3 is 0 Å². The van der Waals surface area contributed by atoms with E-state index in [1.807, 2.05) is 0 Å². The van der Waals surface area contributed by atoms with E-state index in [-0.39, 0.29) is 21.1 Å². The summed E-state index contributed by atoms with van der Waals surface area (Å²) in [6.07, 6.45) is 40.5. The van der Waals surface area contributed by atoms with E-state index < -0.39 is 16.1 Å². The van der Waals surface area contributed by atoms with Gasteiger partial charge in [0.05, 0.1) is 0 Å². The summed E-state index contributed by atoms with van der Waals surface area (Å²) < 4.78 is 3.91. The van der Waals surface area contributed by atoms with Crippen molar-refractivity contribution in [3.63, 3.8) is 0 Å². The average Bonchev–Trinajstić information content (AvgIpc) is 3.87. The van der Waals surface area contributed by atoms with E-state index in [0.29, 0.717) is 0 Å². The van der Waals surface area contributed by atoms with Crippen molar-refractivity contribution in [1.82, 2.24) is 0 Å². The molecule has 42 heavy (non-hydrogen) atoms. The molecule has 9 rings (SSSR count). The van der Waals surface area contributed by atoms with Gasteiger partial charge >= 0.3 is 183 Å². The minimum Gasteiger partial charge on any atom is -0.281 e. The molecule has 8 bridgehead atoms. The van der Waals surface area contributed by atoms with E-state index in [1.54, 1.807) is 128 Å². The normalized spacial score (nSPS) is 45.7. The molecule has 4 nitrogen and oxygen atoms in total. The molecule has 0 saturated heterocycles. The molecule has 9 aliphatic carbocycles. The van der Waals surface area contributed by atoms with Gasteiger partial charge in [0.15, 0.2) is 0 Å². The van der Waals surface area contributed by atoms with Crippen LogP contribution in [0.15, 0.2) is 0 Å². The number of carbonyl (C=O) groups excluding carboxylic acids is 4. The Morgan fingerprint density at radius 2 is 0.524 bits per heavy atom. The van der Waals surface area contributed by atoms with E-state index in [2.05, 4.69) is 27.2 Å². The number of hydrogen-bond acceptors (Lipinski definition) is 4. The van der Waals surface area contributed by atoms with Crippen LogP contribution in [0.25, 0.3) is 0 Å². The molecule has 9 fully saturated rings. The van der Waals surface area contributed by atoms with Crippen molar-refractivity contribution in [2.45, 2.75) is 169 Å². The van der Waals surface area contributed by atoms with Crippen LogP contribution in [0.1, 0.15) is 154 Å². The molecule has 0 aliphatic heterocycles. The van der Waals surface area contributed by atoms with E-state index >= 15 is 0 Å². The van der Waals surface area contributed by atoms with Crippen molar-refractivity contribution in [2.24, 2.45) is 23.7 Å². The fourth-order valence-corrected chi connectivity index (χ4v) is 39.9. The van der Waals surface area contributed by atoms with Gasteiger partial charge in [0.1, 0.15) is 0 Å². The second kappa shape index (κ2) is 15.1. The summed E-state index contributed by atoms with van der Waals surface area (Å²) in [4.78, 5) is 30.0. The van der Waals surface area contributed by atoms with Gasteiger partial charge in [0, 0.05) is 21.1 Å². The molecule has 8 radical (unpaired) electrons. The molecule has 0 atom stereocenters. The first kappa shape index (κ1) is 36.5. The van der Waals surface area contributed by atoms with Crippen LogP contribution in [-0.2, 0) is 56.3 Å². The molecule has 0 amide bonds. The van der Waals surface area contributed by atoms with Crippen LogP contribution in [0, 0.1) is 23.7 Å². The van der Waals surface area contributed by atoms with E-state index in [1.165, 1.54) is 49.4 Å². The number of rotatable bonds is 4. The van der Waals surface area contributed by atoms with Crippen molar-refractivity contribution >= 4 is 27.2 Å². The minimum atomic E-state index is -2.33. The Morgan fingerprint density at radius 3 is 0.619 bits per heavy atom. The molecule has 232 valence electrons. The van der Waals surface area contributed by atoms with Gasteiger partial charge in [0.2, 0.25) is 0 Å². The maximum absolute atomic E-state index is 7.50. The van der Waals surface area contributed by atoms with Gasteiger partial charge in [-0.25, -0.2) is 0 Å². The Balaban J connectivity index is 0.000000327. The fourth-order valence-electron chi connectivity index (χ4n) is 13.3. The average molecular weight is 741 g/mol. The van der Waals surface area contributed by atoms with E-state index in [4.69, 9.17) is 19.2 Å². The third-order valence-electron chi connectivity index (χ3n) is 14.3. The van der Waals surface area contributed by atoms with Crippen molar-refractivity contribution in [3.05, 3.63) is 0 Å². The maximum Gasteiger partial charge on any atom is 0.281 e. The summed E-state index contributed by atoms with van der Waals surface area (Å²) in [5, 5.41) is 0. The Hall–Kier alpha value is 0.0566. The number of fused-ring (bicyclic) bond motifs is 8. The molecular formula is C36H52Mo2O4. The van der Waals surface area contributed by atoms with E-state index in [0.717, 1.165) is 15.2 Å². The minimum absolute atomic E-state index is 0. The topological polar surface area (TPSA) is 68.3 Å². The Bertz CT molecular complexity index is 705. The van der Waals surface area contributed by atoms with Crippen LogP contribution in [-0.4, -0.2) is 27.2 Å². The summed E-state index contributed by atoms with van der Waals surface area (Å²) in [5.41, 5.74) is 0. The van der Waals surface area contributed by atoms with Gasteiger partial charge in [-0.15, -0.1) is 0 Å². The van der Waals surface area contributed by atoms with Gasteiger partial charge in [-0.05, 0) is 0 Å². The van der Waals surface area contributed by atoms with Crippen molar-refractivity contribution in [3.8, 4) is 0 Å². The van der Waals surface area contributed by atoms with Gasteiger partial charge in [-0.3, -0.25) is 19.2 Å². The van der Waals surface area contributed by atoms with Crippen LogP contribution in [0.4, 0.5) is 0 Å². The van der Waals surface area contributed by atoms with Crippen LogP contribution in [0.2, 0.25) is 15.2 Å². The molecule has 0 aromatic rings.